The van der Waals surface area contributed by atoms with Crippen LogP contribution in [0.25, 0.3) is 16.8 Å². The van der Waals surface area contributed by atoms with Gasteiger partial charge in [-0.2, -0.15) is 5.10 Å². The molecule has 4 nitrogen and oxygen atoms in total. The maximum absolute atomic E-state index is 5.65. The summed E-state index contributed by atoms with van der Waals surface area (Å²) in [5.41, 5.74) is 9.20. The summed E-state index contributed by atoms with van der Waals surface area (Å²) in [5.74, 6) is 0. The first kappa shape index (κ1) is 8.91. The van der Waals surface area contributed by atoms with Gasteiger partial charge in [-0.05, 0) is 5.56 Å². The van der Waals surface area contributed by atoms with E-state index in [1.807, 2.05) is 30.3 Å². The van der Waals surface area contributed by atoms with Crippen LogP contribution in [0.3, 0.4) is 0 Å². The first-order valence-corrected chi connectivity index (χ1v) is 4.99. The Balaban J connectivity index is 2.26. The number of anilines is 1. The van der Waals surface area contributed by atoms with Crippen molar-refractivity contribution in [1.82, 2.24) is 14.6 Å². The van der Waals surface area contributed by atoms with Crippen molar-refractivity contribution in [3.8, 4) is 11.1 Å². The number of aromatic nitrogens is 3. The van der Waals surface area contributed by atoms with Crippen molar-refractivity contribution in [2.45, 2.75) is 0 Å². The van der Waals surface area contributed by atoms with Crippen molar-refractivity contribution in [2.24, 2.45) is 0 Å². The molecule has 2 N–H and O–H groups in total. The topological polar surface area (TPSA) is 56.2 Å². The zero-order chi connectivity index (χ0) is 11.0. The lowest BCUT2D eigenvalue weighted by Crippen LogP contribution is -1.94. The smallest absolute Gasteiger partial charge is 0.162 e. The van der Waals surface area contributed by atoms with Crippen LogP contribution in [0.1, 0.15) is 0 Å². The van der Waals surface area contributed by atoms with E-state index in [0.29, 0.717) is 5.69 Å². The number of nitrogens with two attached hydrogens (primary N) is 1. The molecule has 16 heavy (non-hydrogen) atoms. The van der Waals surface area contributed by atoms with Gasteiger partial charge in [-0.3, -0.25) is 0 Å². The van der Waals surface area contributed by atoms with Crippen molar-refractivity contribution in [2.75, 3.05) is 5.73 Å². The molecule has 0 amide bonds. The first-order chi connectivity index (χ1) is 7.84. The molecule has 78 valence electrons. The minimum absolute atomic E-state index is 0.607. The number of hydrogen-bond acceptors (Lipinski definition) is 3. The SMILES string of the molecule is Nc1cnc2c(-c3ccccc3)cnn2c1. The molecule has 0 unspecified atom stereocenters. The van der Waals surface area contributed by atoms with E-state index in [0.717, 1.165) is 16.8 Å². The fourth-order valence-electron chi connectivity index (χ4n) is 1.71. The van der Waals surface area contributed by atoms with Crippen molar-refractivity contribution in [3.63, 3.8) is 0 Å². The molecule has 0 aliphatic rings. The molecule has 0 bridgehead atoms. The molecule has 2 heterocycles. The zero-order valence-corrected chi connectivity index (χ0v) is 8.54. The van der Waals surface area contributed by atoms with Crippen LogP contribution in [0.4, 0.5) is 5.69 Å². The summed E-state index contributed by atoms with van der Waals surface area (Å²) in [6.45, 7) is 0. The third kappa shape index (κ3) is 1.32. The molecule has 3 aromatic rings. The highest BCUT2D eigenvalue weighted by Crippen LogP contribution is 2.22. The minimum Gasteiger partial charge on any atom is -0.396 e. The fourth-order valence-corrected chi connectivity index (χ4v) is 1.71. The molecule has 0 aliphatic heterocycles. The summed E-state index contributed by atoms with van der Waals surface area (Å²) in [6.07, 6.45) is 5.20. The molecule has 0 fully saturated rings. The summed E-state index contributed by atoms with van der Waals surface area (Å²) in [7, 11) is 0. The van der Waals surface area contributed by atoms with Crippen LogP contribution in [0.5, 0.6) is 0 Å². The van der Waals surface area contributed by atoms with Crippen LogP contribution >= 0.6 is 0 Å². The third-order valence-corrected chi connectivity index (χ3v) is 2.46. The van der Waals surface area contributed by atoms with Crippen LogP contribution in [-0.2, 0) is 0 Å². The summed E-state index contributed by atoms with van der Waals surface area (Å²) in [5, 5.41) is 4.23. The summed E-state index contributed by atoms with van der Waals surface area (Å²) >= 11 is 0. The Labute approximate surface area is 92.4 Å². The van der Waals surface area contributed by atoms with E-state index < -0.39 is 0 Å². The molecule has 1 aromatic carbocycles. The van der Waals surface area contributed by atoms with Gasteiger partial charge < -0.3 is 5.73 Å². The molecule has 2 aromatic heterocycles. The predicted octanol–water partition coefficient (Wildman–Crippen LogP) is 1.98. The van der Waals surface area contributed by atoms with Gasteiger partial charge in [-0.1, -0.05) is 30.3 Å². The number of nitrogens with zero attached hydrogens (tertiary/aromatic N) is 3. The Bertz CT molecular complexity index is 628. The van der Waals surface area contributed by atoms with E-state index in [4.69, 9.17) is 5.73 Å². The molecule has 4 heteroatoms. The first-order valence-electron chi connectivity index (χ1n) is 4.99. The normalized spacial score (nSPS) is 10.8. The van der Waals surface area contributed by atoms with E-state index in [-0.39, 0.29) is 0 Å². The highest BCUT2D eigenvalue weighted by Gasteiger charge is 2.06. The van der Waals surface area contributed by atoms with E-state index >= 15 is 0 Å². The van der Waals surface area contributed by atoms with Gasteiger partial charge in [0.15, 0.2) is 5.65 Å². The predicted molar refractivity (Wildman–Crippen MR) is 62.8 cm³/mol. The Morgan fingerprint density at radius 2 is 1.88 bits per heavy atom. The van der Waals surface area contributed by atoms with E-state index in [1.54, 1.807) is 23.1 Å². The van der Waals surface area contributed by atoms with E-state index in [1.165, 1.54) is 0 Å². The van der Waals surface area contributed by atoms with Gasteiger partial charge in [0.2, 0.25) is 0 Å². The molecule has 3 rings (SSSR count). The lowest BCUT2D eigenvalue weighted by molar-refractivity contribution is 0.942. The Morgan fingerprint density at radius 3 is 2.69 bits per heavy atom. The zero-order valence-electron chi connectivity index (χ0n) is 8.54. The summed E-state index contributed by atoms with van der Waals surface area (Å²) in [4.78, 5) is 4.29. The lowest BCUT2D eigenvalue weighted by atomic mass is 10.1. The highest BCUT2D eigenvalue weighted by molar-refractivity contribution is 5.77. The molecular weight excluding hydrogens is 200 g/mol. The molecule has 0 atom stereocenters. The van der Waals surface area contributed by atoms with Crippen LogP contribution in [-0.4, -0.2) is 14.6 Å². The van der Waals surface area contributed by atoms with Gasteiger partial charge in [0, 0.05) is 5.56 Å². The van der Waals surface area contributed by atoms with Crippen molar-refractivity contribution in [3.05, 3.63) is 48.9 Å². The van der Waals surface area contributed by atoms with Gasteiger partial charge in [-0.15, -0.1) is 0 Å². The van der Waals surface area contributed by atoms with Gasteiger partial charge in [0.05, 0.1) is 24.3 Å². The van der Waals surface area contributed by atoms with Crippen molar-refractivity contribution < 1.29 is 0 Å². The Kier molecular flexibility index (Phi) is 1.86. The Hall–Kier alpha value is -2.36. The molecule has 0 radical (unpaired) electrons. The second-order valence-electron chi connectivity index (χ2n) is 3.58. The second kappa shape index (κ2) is 3.34. The molecule has 0 saturated heterocycles. The Morgan fingerprint density at radius 1 is 1.06 bits per heavy atom. The van der Waals surface area contributed by atoms with Gasteiger partial charge >= 0.3 is 0 Å². The van der Waals surface area contributed by atoms with E-state index in [9.17, 15) is 0 Å². The van der Waals surface area contributed by atoms with Crippen LogP contribution in [0.2, 0.25) is 0 Å². The van der Waals surface area contributed by atoms with Gasteiger partial charge in [0.25, 0.3) is 0 Å². The van der Waals surface area contributed by atoms with Crippen molar-refractivity contribution in [1.29, 1.82) is 0 Å². The van der Waals surface area contributed by atoms with Crippen LogP contribution in [0.15, 0.2) is 48.9 Å². The molecular formula is C12H10N4. The maximum atomic E-state index is 5.65. The average Bonchev–Trinajstić information content (AvgIpc) is 2.73. The lowest BCUT2D eigenvalue weighted by Gasteiger charge is -1.98. The third-order valence-electron chi connectivity index (χ3n) is 2.46. The molecule has 0 saturated carbocycles. The summed E-state index contributed by atoms with van der Waals surface area (Å²) < 4.78 is 1.69. The quantitative estimate of drug-likeness (QED) is 0.668. The number of nitrogen functional groups attached to an aromatic ring is 1. The summed E-state index contributed by atoms with van der Waals surface area (Å²) in [6, 6.07) is 10.1. The maximum Gasteiger partial charge on any atom is 0.162 e. The van der Waals surface area contributed by atoms with Gasteiger partial charge in [0.1, 0.15) is 0 Å². The van der Waals surface area contributed by atoms with Crippen LogP contribution in [0, 0.1) is 0 Å². The fraction of sp³-hybridized carbons (Fsp3) is 0. The highest BCUT2D eigenvalue weighted by atomic mass is 15.2. The minimum atomic E-state index is 0.607. The number of hydrogen-bond donors (Lipinski definition) is 1. The van der Waals surface area contributed by atoms with Gasteiger partial charge in [-0.25, -0.2) is 9.50 Å². The monoisotopic (exact) mass is 210 g/mol. The molecule has 0 spiro atoms. The number of benzene rings is 1. The largest absolute Gasteiger partial charge is 0.396 e. The standard InChI is InChI=1S/C12H10N4/c13-10-6-14-12-11(7-15-16(12)8-10)9-4-2-1-3-5-9/h1-8H,13H2. The van der Waals surface area contributed by atoms with Crippen LogP contribution < -0.4 is 5.73 Å². The number of rotatable bonds is 1. The molecule has 0 aliphatic carbocycles. The van der Waals surface area contributed by atoms with E-state index in [2.05, 4.69) is 10.1 Å². The average molecular weight is 210 g/mol. The number of fused-ring (bicyclic) bond motifs is 1. The second-order valence-corrected chi connectivity index (χ2v) is 3.58. The van der Waals surface area contributed by atoms with Crippen molar-refractivity contribution >= 4 is 11.3 Å².